The monoisotopic (exact) mass is 237 g/mol. The van der Waals surface area contributed by atoms with Crippen molar-refractivity contribution in [2.45, 2.75) is 39.3 Å². The Morgan fingerprint density at radius 2 is 2.24 bits per heavy atom. The molecule has 17 heavy (non-hydrogen) atoms. The summed E-state index contributed by atoms with van der Waals surface area (Å²) >= 11 is 0. The molecule has 0 saturated heterocycles. The highest BCUT2D eigenvalue weighted by Gasteiger charge is 2.15. The first kappa shape index (κ1) is 13.4. The number of urea groups is 1. The molecule has 0 aliphatic heterocycles. The molecule has 0 unspecified atom stereocenters. The summed E-state index contributed by atoms with van der Waals surface area (Å²) in [6.45, 7) is 5.48. The van der Waals surface area contributed by atoms with Crippen LogP contribution >= 0.6 is 0 Å². The van der Waals surface area contributed by atoms with Crippen LogP contribution in [-0.2, 0) is 0 Å². The molecule has 0 bridgehead atoms. The molecule has 0 aliphatic rings. The average molecular weight is 237 g/mol. The number of hydrogen-bond donors (Lipinski definition) is 3. The minimum Gasteiger partial charge on any atom is -0.391 e. The summed E-state index contributed by atoms with van der Waals surface area (Å²) < 4.78 is 0. The van der Waals surface area contributed by atoms with Gasteiger partial charge in [0.15, 0.2) is 0 Å². The van der Waals surface area contributed by atoms with Gasteiger partial charge in [-0.15, -0.1) is 0 Å². The van der Waals surface area contributed by atoms with Crippen LogP contribution in [0.3, 0.4) is 0 Å². The molecule has 0 radical (unpaired) electrons. The second kappa shape index (κ2) is 6.20. The zero-order valence-electron chi connectivity index (χ0n) is 10.4. The van der Waals surface area contributed by atoms with Crippen molar-refractivity contribution in [2.24, 2.45) is 0 Å². The predicted molar refractivity (Wildman–Crippen MR) is 66.9 cm³/mol. The van der Waals surface area contributed by atoms with E-state index in [0.29, 0.717) is 12.2 Å². The maximum atomic E-state index is 11.6. The van der Waals surface area contributed by atoms with Crippen LogP contribution in [0.15, 0.2) is 18.3 Å². The Morgan fingerprint density at radius 1 is 1.53 bits per heavy atom. The van der Waals surface area contributed by atoms with E-state index >= 15 is 0 Å². The smallest absolute Gasteiger partial charge is 0.320 e. The van der Waals surface area contributed by atoms with Crippen molar-refractivity contribution >= 4 is 11.8 Å². The van der Waals surface area contributed by atoms with Gasteiger partial charge in [-0.3, -0.25) is 5.32 Å². The van der Waals surface area contributed by atoms with Crippen molar-refractivity contribution in [3.8, 4) is 0 Å². The molecule has 2 amide bonds. The third-order valence-electron chi connectivity index (χ3n) is 2.49. The Labute approximate surface area is 101 Å². The number of aliphatic hydroxyl groups excluding tert-OH is 1. The standard InChI is InChI=1S/C12H19N3O2/c1-4-10(9(3)16)14-12(17)15-11-6-5-8(2)7-13-11/h5-7,9-10,16H,4H2,1-3H3,(H2,13,14,15,17)/t9-,10+/m1/s1. The maximum absolute atomic E-state index is 11.6. The van der Waals surface area contributed by atoms with E-state index in [-0.39, 0.29) is 12.1 Å². The molecule has 3 N–H and O–H groups in total. The highest BCUT2D eigenvalue weighted by atomic mass is 16.3. The van der Waals surface area contributed by atoms with Gasteiger partial charge in [0.1, 0.15) is 5.82 Å². The highest BCUT2D eigenvalue weighted by molar-refractivity contribution is 5.88. The number of amides is 2. The van der Waals surface area contributed by atoms with Crippen molar-refractivity contribution < 1.29 is 9.90 Å². The van der Waals surface area contributed by atoms with Crippen molar-refractivity contribution in [1.82, 2.24) is 10.3 Å². The molecule has 5 heteroatoms. The van der Waals surface area contributed by atoms with E-state index in [0.717, 1.165) is 5.56 Å². The third kappa shape index (κ3) is 4.40. The lowest BCUT2D eigenvalue weighted by Crippen LogP contribution is -2.43. The normalized spacial score (nSPS) is 13.9. The van der Waals surface area contributed by atoms with Crippen LogP contribution < -0.4 is 10.6 Å². The molecule has 0 aromatic carbocycles. The topological polar surface area (TPSA) is 74.2 Å². The number of nitrogens with one attached hydrogen (secondary N) is 2. The van der Waals surface area contributed by atoms with Crippen LogP contribution in [0.4, 0.5) is 10.6 Å². The zero-order chi connectivity index (χ0) is 12.8. The van der Waals surface area contributed by atoms with Gasteiger partial charge < -0.3 is 10.4 Å². The fraction of sp³-hybridized carbons (Fsp3) is 0.500. The van der Waals surface area contributed by atoms with E-state index in [1.807, 2.05) is 19.9 Å². The SMILES string of the molecule is CC[C@H](NC(=O)Nc1ccc(C)cn1)[C@@H](C)O. The van der Waals surface area contributed by atoms with Gasteiger partial charge in [0.25, 0.3) is 0 Å². The molecule has 5 nitrogen and oxygen atoms in total. The third-order valence-corrected chi connectivity index (χ3v) is 2.49. The van der Waals surface area contributed by atoms with Crippen LogP contribution in [0.25, 0.3) is 0 Å². The summed E-state index contributed by atoms with van der Waals surface area (Å²) in [4.78, 5) is 15.7. The molecule has 1 aromatic rings. The Kier molecular flexibility index (Phi) is 4.90. The van der Waals surface area contributed by atoms with Gasteiger partial charge in [-0.25, -0.2) is 9.78 Å². The highest BCUT2D eigenvalue weighted by Crippen LogP contribution is 2.04. The van der Waals surface area contributed by atoms with Crippen LogP contribution in [0, 0.1) is 6.92 Å². The summed E-state index contributed by atoms with van der Waals surface area (Å²) in [5.74, 6) is 0.494. The first-order valence-corrected chi connectivity index (χ1v) is 5.71. The lowest BCUT2D eigenvalue weighted by Gasteiger charge is -2.19. The van der Waals surface area contributed by atoms with Gasteiger partial charge in [0, 0.05) is 6.20 Å². The zero-order valence-corrected chi connectivity index (χ0v) is 10.4. The number of anilines is 1. The minimum absolute atomic E-state index is 0.250. The van der Waals surface area contributed by atoms with Gasteiger partial charge in [-0.2, -0.15) is 0 Å². The number of rotatable bonds is 4. The number of carbonyl (C=O) groups excluding carboxylic acids is 1. The minimum atomic E-state index is -0.572. The van der Waals surface area contributed by atoms with E-state index in [9.17, 15) is 9.90 Å². The summed E-state index contributed by atoms with van der Waals surface area (Å²) in [5.41, 5.74) is 1.03. The predicted octanol–water partition coefficient (Wildman–Crippen LogP) is 1.67. The van der Waals surface area contributed by atoms with Crippen molar-refractivity contribution in [1.29, 1.82) is 0 Å². The number of nitrogens with zero attached hydrogens (tertiary/aromatic N) is 1. The first-order chi connectivity index (χ1) is 8.02. The second-order valence-electron chi connectivity index (χ2n) is 4.07. The van der Waals surface area contributed by atoms with E-state index in [4.69, 9.17) is 0 Å². The molecular weight excluding hydrogens is 218 g/mol. The molecule has 0 fully saturated rings. The first-order valence-electron chi connectivity index (χ1n) is 5.71. The van der Waals surface area contributed by atoms with Gasteiger partial charge in [-0.1, -0.05) is 13.0 Å². The lowest BCUT2D eigenvalue weighted by atomic mass is 10.1. The summed E-state index contributed by atoms with van der Waals surface area (Å²) in [5, 5.41) is 14.7. The number of aryl methyl sites for hydroxylation is 1. The lowest BCUT2D eigenvalue weighted by molar-refractivity contribution is 0.145. The fourth-order valence-electron chi connectivity index (χ4n) is 1.43. The molecule has 1 heterocycles. The molecular formula is C12H19N3O2. The number of carbonyl (C=O) groups is 1. The maximum Gasteiger partial charge on any atom is 0.320 e. The van der Waals surface area contributed by atoms with E-state index in [1.165, 1.54) is 0 Å². The number of pyridine rings is 1. The van der Waals surface area contributed by atoms with Crippen LogP contribution in [-0.4, -0.2) is 28.3 Å². The van der Waals surface area contributed by atoms with Gasteiger partial charge >= 0.3 is 6.03 Å². The molecule has 0 spiro atoms. The molecule has 0 aliphatic carbocycles. The van der Waals surface area contributed by atoms with Gasteiger partial charge in [-0.05, 0) is 31.9 Å². The number of aliphatic hydroxyl groups is 1. The molecule has 2 atom stereocenters. The fourth-order valence-corrected chi connectivity index (χ4v) is 1.43. The van der Waals surface area contributed by atoms with Crippen LogP contribution in [0.1, 0.15) is 25.8 Å². The second-order valence-corrected chi connectivity index (χ2v) is 4.07. The molecule has 1 rings (SSSR count). The molecule has 94 valence electrons. The van der Waals surface area contributed by atoms with Crippen molar-refractivity contribution in [3.05, 3.63) is 23.9 Å². The Hall–Kier alpha value is -1.62. The number of hydrogen-bond acceptors (Lipinski definition) is 3. The summed E-state index contributed by atoms with van der Waals surface area (Å²) in [7, 11) is 0. The van der Waals surface area contributed by atoms with Crippen LogP contribution in [0.2, 0.25) is 0 Å². The quantitative estimate of drug-likeness (QED) is 0.745. The van der Waals surface area contributed by atoms with E-state index in [2.05, 4.69) is 15.6 Å². The number of aromatic nitrogens is 1. The molecule has 1 aromatic heterocycles. The van der Waals surface area contributed by atoms with Gasteiger partial charge in [0.05, 0.1) is 12.1 Å². The Morgan fingerprint density at radius 3 is 2.71 bits per heavy atom. The van der Waals surface area contributed by atoms with E-state index in [1.54, 1.807) is 19.2 Å². The summed E-state index contributed by atoms with van der Waals surface area (Å²) in [6, 6.07) is 3.00. The Balaban J connectivity index is 2.52. The molecule has 0 saturated carbocycles. The summed E-state index contributed by atoms with van der Waals surface area (Å²) in [6.07, 6.45) is 1.78. The van der Waals surface area contributed by atoms with E-state index < -0.39 is 6.10 Å². The van der Waals surface area contributed by atoms with Gasteiger partial charge in [0.2, 0.25) is 0 Å². The van der Waals surface area contributed by atoms with Crippen LogP contribution in [0.5, 0.6) is 0 Å². The van der Waals surface area contributed by atoms with Crippen molar-refractivity contribution in [2.75, 3.05) is 5.32 Å². The average Bonchev–Trinajstić information content (AvgIpc) is 2.28. The Bertz CT molecular complexity index is 363. The largest absolute Gasteiger partial charge is 0.391 e. The van der Waals surface area contributed by atoms with Crippen molar-refractivity contribution in [3.63, 3.8) is 0 Å².